The van der Waals surface area contributed by atoms with Gasteiger partial charge in [-0.25, -0.2) is 0 Å². The van der Waals surface area contributed by atoms with Gasteiger partial charge in [0, 0.05) is 23.6 Å². The van der Waals surface area contributed by atoms with Crippen LogP contribution in [-0.4, -0.2) is 24.0 Å². The Morgan fingerprint density at radius 3 is 3.12 bits per heavy atom. The fourth-order valence-corrected chi connectivity index (χ4v) is 1.67. The lowest BCUT2D eigenvalue weighted by atomic mass is 10.2. The van der Waals surface area contributed by atoms with Crippen LogP contribution in [-0.2, 0) is 4.79 Å². The summed E-state index contributed by atoms with van der Waals surface area (Å²) in [6, 6.07) is 7.82. The van der Waals surface area contributed by atoms with Gasteiger partial charge in [-0.15, -0.1) is 0 Å². The van der Waals surface area contributed by atoms with Crippen LogP contribution < -0.4 is 10.1 Å². The van der Waals surface area contributed by atoms with E-state index >= 15 is 0 Å². The average molecular weight is 232 g/mol. The Kier molecular flexibility index (Phi) is 3.65. The van der Waals surface area contributed by atoms with Crippen LogP contribution >= 0.6 is 0 Å². The van der Waals surface area contributed by atoms with Gasteiger partial charge < -0.3 is 15.0 Å². The van der Waals surface area contributed by atoms with E-state index in [1.807, 2.05) is 37.4 Å². The first kappa shape index (κ1) is 11.5. The normalized spacial score (nSPS) is 10.4. The molecule has 1 aromatic carbocycles. The summed E-state index contributed by atoms with van der Waals surface area (Å²) in [5.74, 6) is 0.816. The van der Waals surface area contributed by atoms with Gasteiger partial charge in [0.05, 0.1) is 13.0 Å². The number of H-pyrrole nitrogens is 1. The number of benzene rings is 1. The lowest BCUT2D eigenvalue weighted by Gasteiger charge is -2.06. The fourth-order valence-electron chi connectivity index (χ4n) is 1.67. The predicted octanol–water partition coefficient (Wildman–Crippen LogP) is 2.07. The van der Waals surface area contributed by atoms with Crippen molar-refractivity contribution in [3.05, 3.63) is 30.5 Å². The Morgan fingerprint density at radius 1 is 1.41 bits per heavy atom. The van der Waals surface area contributed by atoms with Gasteiger partial charge in [-0.05, 0) is 31.2 Å². The van der Waals surface area contributed by atoms with Gasteiger partial charge in [-0.3, -0.25) is 4.79 Å². The summed E-state index contributed by atoms with van der Waals surface area (Å²) in [4.78, 5) is 14.3. The molecule has 0 aliphatic rings. The highest BCUT2D eigenvalue weighted by molar-refractivity contribution is 5.80. The summed E-state index contributed by atoms with van der Waals surface area (Å²) in [5.41, 5.74) is 1.08. The van der Waals surface area contributed by atoms with E-state index < -0.39 is 0 Å². The minimum absolute atomic E-state index is 0.0234. The second kappa shape index (κ2) is 5.39. The predicted molar refractivity (Wildman–Crippen MR) is 67.1 cm³/mol. The zero-order valence-electron chi connectivity index (χ0n) is 9.82. The zero-order valence-corrected chi connectivity index (χ0v) is 9.82. The quantitative estimate of drug-likeness (QED) is 0.829. The van der Waals surface area contributed by atoms with Gasteiger partial charge >= 0.3 is 0 Å². The first-order chi connectivity index (χ1) is 8.29. The first-order valence-electron chi connectivity index (χ1n) is 5.76. The van der Waals surface area contributed by atoms with Crippen LogP contribution in [0.5, 0.6) is 5.75 Å². The van der Waals surface area contributed by atoms with Crippen molar-refractivity contribution in [2.24, 2.45) is 0 Å². The summed E-state index contributed by atoms with van der Waals surface area (Å²) < 4.78 is 5.53. The molecule has 0 saturated heterocycles. The number of carbonyl (C=O) groups excluding carboxylic acids is 1. The molecule has 90 valence electrons. The number of amides is 1. The molecule has 0 saturated carbocycles. The lowest BCUT2D eigenvalue weighted by molar-refractivity contribution is -0.121. The number of aromatic nitrogens is 1. The number of hydrogen-bond acceptors (Lipinski definition) is 2. The molecule has 2 aromatic rings. The zero-order chi connectivity index (χ0) is 12.1. The molecule has 17 heavy (non-hydrogen) atoms. The molecule has 0 fully saturated rings. The van der Waals surface area contributed by atoms with E-state index in [-0.39, 0.29) is 5.91 Å². The number of fused-ring (bicyclic) bond motifs is 1. The maximum Gasteiger partial charge on any atom is 0.223 e. The molecule has 0 aliphatic heterocycles. The second-order valence-electron chi connectivity index (χ2n) is 3.78. The highest BCUT2D eigenvalue weighted by atomic mass is 16.5. The van der Waals surface area contributed by atoms with E-state index in [4.69, 9.17) is 4.74 Å². The van der Waals surface area contributed by atoms with Crippen molar-refractivity contribution in [3.8, 4) is 5.75 Å². The molecule has 1 amide bonds. The summed E-state index contributed by atoms with van der Waals surface area (Å²) in [6.45, 7) is 2.97. The standard InChI is InChI=1S/C13H16N2O2/c1-2-14-13(16)6-8-17-11-3-4-12-10(9-11)5-7-15-12/h3-5,7,9,15H,2,6,8H2,1H3,(H,14,16). The Morgan fingerprint density at radius 2 is 2.29 bits per heavy atom. The smallest absolute Gasteiger partial charge is 0.223 e. The van der Waals surface area contributed by atoms with Crippen LogP contribution in [0, 0.1) is 0 Å². The Balaban J connectivity index is 1.88. The number of rotatable bonds is 5. The van der Waals surface area contributed by atoms with E-state index in [2.05, 4.69) is 10.3 Å². The van der Waals surface area contributed by atoms with Gasteiger partial charge in [-0.2, -0.15) is 0 Å². The molecule has 2 N–H and O–H groups in total. The molecular formula is C13H16N2O2. The summed E-state index contributed by atoms with van der Waals surface area (Å²) >= 11 is 0. The highest BCUT2D eigenvalue weighted by Gasteiger charge is 2.01. The van der Waals surface area contributed by atoms with Crippen molar-refractivity contribution in [3.63, 3.8) is 0 Å². The van der Waals surface area contributed by atoms with E-state index in [0.29, 0.717) is 19.6 Å². The molecule has 1 aromatic heterocycles. The Hall–Kier alpha value is -1.97. The van der Waals surface area contributed by atoms with E-state index in [9.17, 15) is 4.79 Å². The van der Waals surface area contributed by atoms with Crippen molar-refractivity contribution in [1.29, 1.82) is 0 Å². The monoisotopic (exact) mass is 232 g/mol. The molecular weight excluding hydrogens is 216 g/mol. The number of hydrogen-bond donors (Lipinski definition) is 2. The van der Waals surface area contributed by atoms with Gasteiger partial charge in [0.2, 0.25) is 5.91 Å². The number of ether oxygens (including phenoxy) is 1. The highest BCUT2D eigenvalue weighted by Crippen LogP contribution is 2.19. The molecule has 4 nitrogen and oxygen atoms in total. The van der Waals surface area contributed by atoms with Crippen LogP contribution in [0.3, 0.4) is 0 Å². The lowest BCUT2D eigenvalue weighted by Crippen LogP contribution is -2.24. The maximum absolute atomic E-state index is 11.2. The van der Waals surface area contributed by atoms with Crippen LogP contribution in [0.15, 0.2) is 30.5 Å². The van der Waals surface area contributed by atoms with E-state index in [1.54, 1.807) is 0 Å². The van der Waals surface area contributed by atoms with E-state index in [0.717, 1.165) is 16.7 Å². The molecule has 4 heteroatoms. The molecule has 0 atom stereocenters. The van der Waals surface area contributed by atoms with Crippen LogP contribution in [0.2, 0.25) is 0 Å². The number of aromatic amines is 1. The van der Waals surface area contributed by atoms with Crippen LogP contribution in [0.1, 0.15) is 13.3 Å². The minimum Gasteiger partial charge on any atom is -0.493 e. The third-order valence-corrected chi connectivity index (χ3v) is 2.50. The van der Waals surface area contributed by atoms with Crippen molar-refractivity contribution in [2.45, 2.75) is 13.3 Å². The number of nitrogens with one attached hydrogen (secondary N) is 2. The molecule has 0 unspecified atom stereocenters. The molecule has 1 heterocycles. The Bertz CT molecular complexity index is 505. The van der Waals surface area contributed by atoms with Crippen molar-refractivity contribution in [1.82, 2.24) is 10.3 Å². The minimum atomic E-state index is 0.0234. The van der Waals surface area contributed by atoms with Crippen molar-refractivity contribution >= 4 is 16.8 Å². The van der Waals surface area contributed by atoms with Crippen molar-refractivity contribution < 1.29 is 9.53 Å². The molecule has 0 radical (unpaired) electrons. The summed E-state index contributed by atoms with van der Waals surface area (Å²) in [5, 5.41) is 3.84. The first-order valence-corrected chi connectivity index (χ1v) is 5.76. The van der Waals surface area contributed by atoms with Crippen LogP contribution in [0.4, 0.5) is 0 Å². The molecule has 2 rings (SSSR count). The third kappa shape index (κ3) is 3.00. The van der Waals surface area contributed by atoms with Gasteiger partial charge in [-0.1, -0.05) is 0 Å². The molecule has 0 bridgehead atoms. The summed E-state index contributed by atoms with van der Waals surface area (Å²) in [7, 11) is 0. The van der Waals surface area contributed by atoms with Gasteiger partial charge in [0.15, 0.2) is 0 Å². The SMILES string of the molecule is CCNC(=O)CCOc1ccc2[nH]ccc2c1. The number of carbonyl (C=O) groups is 1. The van der Waals surface area contributed by atoms with E-state index in [1.165, 1.54) is 0 Å². The molecule has 0 aliphatic carbocycles. The van der Waals surface area contributed by atoms with Gasteiger partial charge in [0.1, 0.15) is 5.75 Å². The van der Waals surface area contributed by atoms with Gasteiger partial charge in [0.25, 0.3) is 0 Å². The summed E-state index contributed by atoms with van der Waals surface area (Å²) in [6.07, 6.45) is 2.28. The average Bonchev–Trinajstić information content (AvgIpc) is 2.76. The third-order valence-electron chi connectivity index (χ3n) is 2.50. The maximum atomic E-state index is 11.2. The van der Waals surface area contributed by atoms with Crippen LogP contribution in [0.25, 0.3) is 10.9 Å². The fraction of sp³-hybridized carbons (Fsp3) is 0.308. The topological polar surface area (TPSA) is 54.1 Å². The molecule has 0 spiro atoms. The van der Waals surface area contributed by atoms with Crippen molar-refractivity contribution in [2.75, 3.05) is 13.2 Å². The second-order valence-corrected chi connectivity index (χ2v) is 3.78. The Labute approximate surface area is 100.0 Å². The largest absolute Gasteiger partial charge is 0.493 e.